The number of carboxylic acid groups (broad SMARTS) is 1. The maximum atomic E-state index is 13.5. The van der Waals surface area contributed by atoms with Gasteiger partial charge in [0.05, 0.1) is 6.04 Å². The van der Waals surface area contributed by atoms with Crippen molar-refractivity contribution in [3.8, 4) is 0 Å². The van der Waals surface area contributed by atoms with Gasteiger partial charge in [-0.1, -0.05) is 48.5 Å². The minimum absolute atomic E-state index is 0.0193. The Bertz CT molecular complexity index is 1040. The molecule has 0 spiro atoms. The van der Waals surface area contributed by atoms with Crippen molar-refractivity contribution in [3.05, 3.63) is 11.8 Å². The summed E-state index contributed by atoms with van der Waals surface area (Å²) in [6.45, 7) is 13.2. The molecule has 1 aromatic heterocycles. The second-order valence-corrected chi connectivity index (χ2v) is 11.8. The number of hydrogen-bond donors (Lipinski definition) is 3. The molecule has 1 fully saturated rings. The van der Waals surface area contributed by atoms with Crippen LogP contribution in [0, 0.1) is 11.8 Å². The van der Waals surface area contributed by atoms with E-state index in [9.17, 15) is 24.0 Å². The zero-order valence-corrected chi connectivity index (χ0v) is 24.1. The van der Waals surface area contributed by atoms with Crippen LogP contribution in [0.4, 0.5) is 0 Å². The summed E-state index contributed by atoms with van der Waals surface area (Å²) in [5.74, 6) is -2.94. The summed E-state index contributed by atoms with van der Waals surface area (Å²) in [7, 11) is 0. The molecule has 0 aromatic carbocycles. The van der Waals surface area contributed by atoms with E-state index < -0.39 is 41.2 Å². The van der Waals surface area contributed by atoms with Crippen molar-refractivity contribution in [2.24, 2.45) is 11.8 Å². The first-order chi connectivity index (χ1) is 18.1. The van der Waals surface area contributed by atoms with E-state index in [1.165, 1.54) is 4.90 Å². The van der Waals surface area contributed by atoms with Gasteiger partial charge in [-0.15, -0.1) is 10.2 Å². The molecular formula is C27H43N5O7. The van der Waals surface area contributed by atoms with E-state index in [4.69, 9.17) is 9.52 Å². The van der Waals surface area contributed by atoms with E-state index in [0.717, 1.165) is 0 Å². The Hall–Kier alpha value is -3.31. The maximum absolute atomic E-state index is 13.5. The molecule has 3 atom stereocenters. The fourth-order valence-electron chi connectivity index (χ4n) is 4.35. The van der Waals surface area contributed by atoms with Crippen molar-refractivity contribution in [2.75, 3.05) is 6.54 Å². The van der Waals surface area contributed by atoms with E-state index in [-0.39, 0.29) is 42.4 Å². The molecule has 3 amide bonds. The van der Waals surface area contributed by atoms with Gasteiger partial charge in [0.2, 0.25) is 29.4 Å². The Morgan fingerprint density at radius 3 is 2.13 bits per heavy atom. The number of nitrogens with zero attached hydrogens (tertiary/aromatic N) is 3. The summed E-state index contributed by atoms with van der Waals surface area (Å²) in [5.41, 5.74) is -0.437. The van der Waals surface area contributed by atoms with Crippen molar-refractivity contribution in [3.63, 3.8) is 0 Å². The molecule has 2 heterocycles. The monoisotopic (exact) mass is 549 g/mol. The summed E-state index contributed by atoms with van der Waals surface area (Å²) in [5, 5.41) is 22.2. The van der Waals surface area contributed by atoms with Crippen LogP contribution in [-0.2, 0) is 24.6 Å². The fraction of sp³-hybridized carbons (Fsp3) is 0.741. The lowest BCUT2D eigenvalue weighted by Crippen LogP contribution is -2.57. The van der Waals surface area contributed by atoms with Crippen LogP contribution in [0.25, 0.3) is 0 Å². The molecule has 0 saturated carbocycles. The number of hydrogen-bond acceptors (Lipinski definition) is 8. The number of unbranched alkanes of at least 4 members (excludes halogenated alkanes) is 1. The molecule has 12 nitrogen and oxygen atoms in total. The minimum atomic E-state index is -0.922. The predicted octanol–water partition coefficient (Wildman–Crippen LogP) is 2.47. The summed E-state index contributed by atoms with van der Waals surface area (Å²) in [6.07, 6.45) is 1.89. The van der Waals surface area contributed by atoms with Gasteiger partial charge in [0.15, 0.2) is 0 Å². The van der Waals surface area contributed by atoms with Gasteiger partial charge in [-0.3, -0.25) is 24.0 Å². The van der Waals surface area contributed by atoms with E-state index in [0.29, 0.717) is 38.1 Å². The van der Waals surface area contributed by atoms with E-state index in [1.54, 1.807) is 13.8 Å². The average Bonchev–Trinajstić information content (AvgIpc) is 3.52. The highest BCUT2D eigenvalue weighted by atomic mass is 16.4. The Labute approximate surface area is 229 Å². The third kappa shape index (κ3) is 8.86. The normalized spacial score (nSPS) is 17.3. The molecule has 2 unspecified atom stereocenters. The average molecular weight is 550 g/mol. The van der Waals surface area contributed by atoms with Gasteiger partial charge < -0.3 is 25.1 Å². The van der Waals surface area contributed by atoms with Gasteiger partial charge >= 0.3 is 5.97 Å². The van der Waals surface area contributed by atoms with Crippen LogP contribution in [0.1, 0.15) is 104 Å². The maximum Gasteiger partial charge on any atom is 0.303 e. The van der Waals surface area contributed by atoms with Crippen LogP contribution in [0.5, 0.6) is 0 Å². The SMILES string of the molecule is CC(C)C(NC(=O)[C@@H]1CCCN1C(=O)C(NC(=O)CCCCC(=O)O)C(C)C)C(=O)c1nnc(C(C)(C)C)o1. The van der Waals surface area contributed by atoms with Crippen LogP contribution in [0.3, 0.4) is 0 Å². The van der Waals surface area contributed by atoms with Crippen molar-refractivity contribution in [1.29, 1.82) is 0 Å². The van der Waals surface area contributed by atoms with Crippen LogP contribution >= 0.6 is 0 Å². The number of carbonyl (C=O) groups is 5. The fourth-order valence-corrected chi connectivity index (χ4v) is 4.35. The predicted molar refractivity (Wildman–Crippen MR) is 142 cm³/mol. The third-order valence-electron chi connectivity index (χ3n) is 6.66. The number of amides is 3. The first-order valence-corrected chi connectivity index (χ1v) is 13.6. The molecule has 0 aliphatic carbocycles. The van der Waals surface area contributed by atoms with E-state index in [1.807, 2.05) is 34.6 Å². The van der Waals surface area contributed by atoms with E-state index in [2.05, 4.69) is 20.8 Å². The number of nitrogens with one attached hydrogen (secondary N) is 2. The highest BCUT2D eigenvalue weighted by Gasteiger charge is 2.40. The van der Waals surface area contributed by atoms with Crippen LogP contribution in [0.15, 0.2) is 4.42 Å². The molecule has 2 rings (SSSR count). The lowest BCUT2D eigenvalue weighted by Gasteiger charge is -2.31. The molecule has 12 heteroatoms. The summed E-state index contributed by atoms with van der Waals surface area (Å²) in [4.78, 5) is 64.6. The largest absolute Gasteiger partial charge is 0.481 e. The number of aliphatic carboxylic acids is 1. The van der Waals surface area contributed by atoms with Crippen LogP contribution in [-0.4, -0.2) is 74.3 Å². The van der Waals surface area contributed by atoms with Gasteiger partial charge in [0.1, 0.15) is 12.1 Å². The highest BCUT2D eigenvalue weighted by molar-refractivity contribution is 6.00. The Balaban J connectivity index is 2.10. The number of rotatable bonds is 13. The Morgan fingerprint density at radius 1 is 0.974 bits per heavy atom. The zero-order chi connectivity index (χ0) is 29.5. The van der Waals surface area contributed by atoms with Crippen molar-refractivity contribution < 1.29 is 33.5 Å². The number of likely N-dealkylation sites (tertiary alicyclic amines) is 1. The van der Waals surface area contributed by atoms with Crippen LogP contribution < -0.4 is 10.6 Å². The van der Waals surface area contributed by atoms with Gasteiger partial charge in [-0.25, -0.2) is 0 Å². The van der Waals surface area contributed by atoms with Gasteiger partial charge in [-0.2, -0.15) is 0 Å². The first kappa shape index (κ1) is 31.9. The second-order valence-electron chi connectivity index (χ2n) is 11.8. The van der Waals surface area contributed by atoms with Gasteiger partial charge in [0, 0.05) is 24.8 Å². The third-order valence-corrected chi connectivity index (χ3v) is 6.66. The zero-order valence-electron chi connectivity index (χ0n) is 24.1. The summed E-state index contributed by atoms with van der Waals surface area (Å²) in [6, 6.07) is -2.54. The quantitative estimate of drug-likeness (QED) is 0.247. The summed E-state index contributed by atoms with van der Waals surface area (Å²) >= 11 is 0. The summed E-state index contributed by atoms with van der Waals surface area (Å²) < 4.78 is 5.59. The number of carbonyl (C=O) groups excluding carboxylic acids is 4. The molecule has 0 radical (unpaired) electrons. The molecule has 1 aromatic rings. The molecule has 1 aliphatic heterocycles. The lowest BCUT2D eigenvalue weighted by atomic mass is 9.97. The number of carboxylic acids is 1. The van der Waals surface area contributed by atoms with E-state index >= 15 is 0 Å². The number of ketones is 1. The standard InChI is InChI=1S/C27H43N5O7/c1-15(2)20(22(36)24-30-31-26(39-24)27(5,6)7)29-23(37)17-11-10-14-32(17)25(38)21(16(3)4)28-18(33)12-8-9-13-19(34)35/h15-17,20-21H,8-14H2,1-7H3,(H,28,33)(H,29,37)(H,34,35)/t17-,20?,21?/m0/s1. The Morgan fingerprint density at radius 2 is 1.59 bits per heavy atom. The highest BCUT2D eigenvalue weighted by Crippen LogP contribution is 2.23. The van der Waals surface area contributed by atoms with Gasteiger partial charge in [-0.05, 0) is 37.5 Å². The first-order valence-electron chi connectivity index (χ1n) is 13.6. The van der Waals surface area contributed by atoms with Crippen LogP contribution in [0.2, 0.25) is 0 Å². The molecule has 39 heavy (non-hydrogen) atoms. The molecule has 218 valence electrons. The second kappa shape index (κ2) is 13.7. The number of aromatic nitrogens is 2. The molecule has 1 saturated heterocycles. The smallest absolute Gasteiger partial charge is 0.303 e. The topological polar surface area (TPSA) is 172 Å². The lowest BCUT2D eigenvalue weighted by molar-refractivity contribution is -0.142. The molecule has 0 bridgehead atoms. The van der Waals surface area contributed by atoms with Crippen molar-refractivity contribution >= 4 is 29.5 Å². The minimum Gasteiger partial charge on any atom is -0.481 e. The number of Topliss-reactive ketones (excluding diaryl/α,β-unsaturated/α-hetero) is 1. The van der Waals surface area contributed by atoms with Gasteiger partial charge in [0.25, 0.3) is 5.89 Å². The van der Waals surface area contributed by atoms with Crippen molar-refractivity contribution in [1.82, 2.24) is 25.7 Å². The molecule has 3 N–H and O–H groups in total. The molecular weight excluding hydrogens is 506 g/mol. The Kier molecular flexibility index (Phi) is 11.2. The molecule has 1 aliphatic rings. The van der Waals surface area contributed by atoms with Crippen molar-refractivity contribution in [2.45, 2.75) is 111 Å².